The van der Waals surface area contributed by atoms with E-state index in [-0.39, 0.29) is 12.0 Å². The van der Waals surface area contributed by atoms with Gasteiger partial charge in [0, 0.05) is 24.1 Å². The molecule has 0 atom stereocenters. The van der Waals surface area contributed by atoms with Crippen molar-refractivity contribution < 1.29 is 20.1 Å². The molecule has 114 valence electrons. The summed E-state index contributed by atoms with van der Waals surface area (Å²) in [6.07, 6.45) is 0.0650. The molecule has 0 heterocycles. The highest BCUT2D eigenvalue weighted by molar-refractivity contribution is 5.55. The second kappa shape index (κ2) is 5.68. The zero-order valence-corrected chi connectivity index (χ0v) is 11.5. The molecule has 2 aromatic rings. The van der Waals surface area contributed by atoms with E-state index in [0.717, 1.165) is 0 Å². The van der Waals surface area contributed by atoms with Crippen LogP contribution in [0.1, 0.15) is 16.7 Å². The minimum absolute atomic E-state index is 0.0650. The zero-order valence-electron chi connectivity index (χ0n) is 11.5. The van der Waals surface area contributed by atoms with Gasteiger partial charge in [-0.2, -0.15) is 0 Å². The maximum atomic E-state index is 10.9. The van der Waals surface area contributed by atoms with Gasteiger partial charge in [-0.25, -0.2) is 0 Å². The van der Waals surface area contributed by atoms with Crippen LogP contribution < -0.4 is 0 Å². The van der Waals surface area contributed by atoms with Crippen molar-refractivity contribution in [3.8, 4) is 11.5 Å². The van der Waals surface area contributed by atoms with Crippen LogP contribution >= 0.6 is 0 Å². The first-order valence-electron chi connectivity index (χ1n) is 6.22. The summed E-state index contributed by atoms with van der Waals surface area (Å²) in [5.74, 6) is -0.931. The Bertz CT molecular complexity index is 772. The summed E-state index contributed by atoms with van der Waals surface area (Å²) in [5.41, 5.74) is 0.446. The lowest BCUT2D eigenvalue weighted by Gasteiger charge is -2.07. The fourth-order valence-corrected chi connectivity index (χ4v) is 2.15. The average molecular weight is 304 g/mol. The van der Waals surface area contributed by atoms with Crippen molar-refractivity contribution in [3.63, 3.8) is 0 Å². The van der Waals surface area contributed by atoms with Crippen LogP contribution in [0.5, 0.6) is 11.5 Å². The van der Waals surface area contributed by atoms with Gasteiger partial charge in [0.1, 0.15) is 0 Å². The van der Waals surface area contributed by atoms with E-state index < -0.39 is 32.7 Å². The Morgan fingerprint density at radius 1 is 1.00 bits per heavy atom. The molecule has 2 aromatic carbocycles. The van der Waals surface area contributed by atoms with Crippen LogP contribution in [0.4, 0.5) is 11.4 Å². The van der Waals surface area contributed by atoms with Gasteiger partial charge in [-0.1, -0.05) is 12.1 Å². The van der Waals surface area contributed by atoms with Crippen molar-refractivity contribution in [1.82, 2.24) is 0 Å². The molecule has 8 heteroatoms. The average Bonchev–Trinajstić information content (AvgIpc) is 2.43. The maximum Gasteiger partial charge on any atom is 0.311 e. The lowest BCUT2D eigenvalue weighted by atomic mass is 10.0. The van der Waals surface area contributed by atoms with Gasteiger partial charge in [-0.15, -0.1) is 0 Å². The maximum absolute atomic E-state index is 10.9. The molecular weight excluding hydrogens is 292 g/mol. The van der Waals surface area contributed by atoms with Gasteiger partial charge in [0.25, 0.3) is 0 Å². The van der Waals surface area contributed by atoms with E-state index in [0.29, 0.717) is 11.1 Å². The second-order valence-corrected chi connectivity index (χ2v) is 4.81. The van der Waals surface area contributed by atoms with Crippen molar-refractivity contribution in [2.45, 2.75) is 13.3 Å². The molecule has 0 aromatic heterocycles. The van der Waals surface area contributed by atoms with Crippen molar-refractivity contribution >= 4 is 11.4 Å². The summed E-state index contributed by atoms with van der Waals surface area (Å²) in [7, 11) is 0. The molecule has 0 aliphatic heterocycles. The highest BCUT2D eigenvalue weighted by Crippen LogP contribution is 2.34. The third kappa shape index (κ3) is 2.95. The standard InChI is InChI=1S/C14H12N2O6/c1-8-4-10(14(18)12(5-8)16(21)22)6-9-2-3-13(17)11(7-9)15(19)20/h2-5,7,17-18H,6H2,1H3. The van der Waals surface area contributed by atoms with Crippen molar-refractivity contribution in [3.05, 3.63) is 67.3 Å². The molecule has 0 bridgehead atoms. The third-order valence-corrected chi connectivity index (χ3v) is 3.14. The summed E-state index contributed by atoms with van der Waals surface area (Å²) >= 11 is 0. The Morgan fingerprint density at radius 2 is 1.64 bits per heavy atom. The molecule has 0 aliphatic rings. The van der Waals surface area contributed by atoms with Gasteiger partial charge in [0.2, 0.25) is 0 Å². The van der Waals surface area contributed by atoms with Crippen LogP contribution in [0, 0.1) is 27.2 Å². The van der Waals surface area contributed by atoms with Crippen molar-refractivity contribution in [2.75, 3.05) is 0 Å². The predicted molar refractivity (Wildman–Crippen MR) is 77.1 cm³/mol. The van der Waals surface area contributed by atoms with Gasteiger partial charge in [0.15, 0.2) is 11.5 Å². The van der Waals surface area contributed by atoms with Crippen LogP contribution in [-0.2, 0) is 6.42 Å². The number of hydrogen-bond acceptors (Lipinski definition) is 6. The van der Waals surface area contributed by atoms with Gasteiger partial charge < -0.3 is 10.2 Å². The molecule has 0 aliphatic carbocycles. The second-order valence-electron chi connectivity index (χ2n) is 4.81. The van der Waals surface area contributed by atoms with Gasteiger partial charge in [-0.3, -0.25) is 20.2 Å². The number of nitro benzene ring substituents is 2. The number of phenolic OH excluding ortho intramolecular Hbond substituents is 2. The molecule has 0 unspecified atom stereocenters. The molecule has 0 spiro atoms. The molecule has 0 amide bonds. The Balaban J connectivity index is 2.45. The number of phenols is 2. The molecule has 0 saturated heterocycles. The minimum Gasteiger partial charge on any atom is -0.502 e. The van der Waals surface area contributed by atoms with E-state index in [2.05, 4.69) is 0 Å². The van der Waals surface area contributed by atoms with E-state index in [9.17, 15) is 30.4 Å². The normalized spacial score (nSPS) is 10.4. The minimum atomic E-state index is -0.725. The molecule has 22 heavy (non-hydrogen) atoms. The first-order chi connectivity index (χ1) is 10.3. The van der Waals surface area contributed by atoms with Crippen LogP contribution in [0.25, 0.3) is 0 Å². The molecule has 2 N–H and O–H groups in total. The SMILES string of the molecule is Cc1cc(Cc2ccc(O)c([N+](=O)[O-])c2)c(O)c([N+](=O)[O-])c1. The fraction of sp³-hybridized carbons (Fsp3) is 0.143. The predicted octanol–water partition coefficient (Wildman–Crippen LogP) is 2.81. The first-order valence-corrected chi connectivity index (χ1v) is 6.22. The van der Waals surface area contributed by atoms with Crippen LogP contribution in [-0.4, -0.2) is 20.1 Å². The fourth-order valence-electron chi connectivity index (χ4n) is 2.15. The summed E-state index contributed by atoms with van der Waals surface area (Å²) in [5, 5.41) is 41.0. The highest BCUT2D eigenvalue weighted by atomic mass is 16.6. The molecular formula is C14H12N2O6. The Hall–Kier alpha value is -3.16. The van der Waals surface area contributed by atoms with E-state index in [4.69, 9.17) is 0 Å². The number of hydrogen-bond donors (Lipinski definition) is 2. The quantitative estimate of drug-likeness (QED) is 0.660. The summed E-state index contributed by atoms with van der Waals surface area (Å²) in [4.78, 5) is 20.3. The lowest BCUT2D eigenvalue weighted by molar-refractivity contribution is -0.386. The summed E-state index contributed by atoms with van der Waals surface area (Å²) in [6, 6.07) is 6.62. The lowest BCUT2D eigenvalue weighted by Crippen LogP contribution is -1.97. The summed E-state index contributed by atoms with van der Waals surface area (Å²) < 4.78 is 0. The molecule has 2 rings (SSSR count). The smallest absolute Gasteiger partial charge is 0.311 e. The van der Waals surface area contributed by atoms with E-state index in [1.807, 2.05) is 0 Å². The van der Waals surface area contributed by atoms with E-state index >= 15 is 0 Å². The number of nitrogens with zero attached hydrogens (tertiary/aromatic N) is 2. The first kappa shape index (κ1) is 15.2. The van der Waals surface area contributed by atoms with Gasteiger partial charge in [0.05, 0.1) is 9.85 Å². The Kier molecular flexibility index (Phi) is 3.93. The highest BCUT2D eigenvalue weighted by Gasteiger charge is 2.19. The molecule has 8 nitrogen and oxygen atoms in total. The van der Waals surface area contributed by atoms with Crippen LogP contribution in [0.3, 0.4) is 0 Å². The van der Waals surface area contributed by atoms with E-state index in [1.165, 1.54) is 24.3 Å². The van der Waals surface area contributed by atoms with Crippen LogP contribution in [0.15, 0.2) is 30.3 Å². The molecule has 0 saturated carbocycles. The topological polar surface area (TPSA) is 127 Å². The number of rotatable bonds is 4. The monoisotopic (exact) mass is 304 g/mol. The number of nitro groups is 2. The molecule has 0 radical (unpaired) electrons. The van der Waals surface area contributed by atoms with E-state index in [1.54, 1.807) is 13.0 Å². The van der Waals surface area contributed by atoms with Crippen molar-refractivity contribution in [2.24, 2.45) is 0 Å². The van der Waals surface area contributed by atoms with Gasteiger partial charge in [-0.05, 0) is 24.1 Å². The van der Waals surface area contributed by atoms with Crippen LogP contribution in [0.2, 0.25) is 0 Å². The molecule has 0 fully saturated rings. The largest absolute Gasteiger partial charge is 0.502 e. The Labute approximate surface area is 124 Å². The number of benzene rings is 2. The number of aromatic hydroxyl groups is 2. The summed E-state index contributed by atoms with van der Waals surface area (Å²) in [6.45, 7) is 1.65. The van der Waals surface area contributed by atoms with Gasteiger partial charge >= 0.3 is 11.4 Å². The third-order valence-electron chi connectivity index (χ3n) is 3.14. The Morgan fingerprint density at radius 3 is 2.23 bits per heavy atom. The van der Waals surface area contributed by atoms with Crippen molar-refractivity contribution in [1.29, 1.82) is 0 Å². The number of aryl methyl sites for hydroxylation is 1. The zero-order chi connectivity index (χ0) is 16.4.